The van der Waals surface area contributed by atoms with Crippen LogP contribution in [0.2, 0.25) is 0 Å². The van der Waals surface area contributed by atoms with Crippen molar-refractivity contribution in [3.8, 4) is 0 Å². The molecule has 2 amide bonds. The Kier molecular flexibility index (Phi) is 5.91. The Morgan fingerprint density at radius 2 is 1.82 bits per heavy atom. The van der Waals surface area contributed by atoms with Crippen LogP contribution in [0, 0.1) is 6.92 Å². The molecule has 0 aromatic heterocycles. The number of benzene rings is 2. The van der Waals surface area contributed by atoms with E-state index in [-0.39, 0.29) is 16.2 Å². The summed E-state index contributed by atoms with van der Waals surface area (Å²) >= 11 is 5.30. The summed E-state index contributed by atoms with van der Waals surface area (Å²) in [4.78, 5) is 30.0. The van der Waals surface area contributed by atoms with E-state index in [1.165, 1.54) is 16.2 Å². The molecule has 1 saturated heterocycles. The minimum Gasteiger partial charge on any atom is -0.364 e. The molecule has 2 aliphatic rings. The quantitative estimate of drug-likeness (QED) is 0.382. The van der Waals surface area contributed by atoms with E-state index in [1.807, 2.05) is 25.1 Å². The van der Waals surface area contributed by atoms with Crippen LogP contribution >= 0.6 is 12.2 Å². The minimum atomic E-state index is -0.465. The van der Waals surface area contributed by atoms with E-state index in [0.717, 1.165) is 17.5 Å². The highest BCUT2D eigenvalue weighted by molar-refractivity contribution is 7.80. The van der Waals surface area contributed by atoms with Crippen LogP contribution in [0.5, 0.6) is 0 Å². The molecule has 2 heterocycles. The van der Waals surface area contributed by atoms with E-state index in [9.17, 15) is 9.59 Å². The second kappa shape index (κ2) is 8.41. The van der Waals surface area contributed by atoms with Crippen molar-refractivity contribution < 1.29 is 9.59 Å². The highest BCUT2D eigenvalue weighted by Gasteiger charge is 2.38. The zero-order valence-corrected chi connectivity index (χ0v) is 20.9. The molecule has 2 aliphatic heterocycles. The van der Waals surface area contributed by atoms with Gasteiger partial charge in [0.1, 0.15) is 5.57 Å². The van der Waals surface area contributed by atoms with Gasteiger partial charge in [-0.3, -0.25) is 19.8 Å². The maximum atomic E-state index is 13.3. The molecule has 0 radical (unpaired) electrons. The van der Waals surface area contributed by atoms with Crippen molar-refractivity contribution in [1.82, 2.24) is 5.32 Å². The van der Waals surface area contributed by atoms with Gasteiger partial charge in [-0.05, 0) is 106 Å². The van der Waals surface area contributed by atoms with Gasteiger partial charge in [-0.25, -0.2) is 0 Å². The maximum absolute atomic E-state index is 13.3. The number of para-hydroxylation sites is 1. The summed E-state index contributed by atoms with van der Waals surface area (Å²) in [6, 6.07) is 13.8. The summed E-state index contributed by atoms with van der Waals surface area (Å²) in [6.45, 7) is 13.3. The number of hydrogen-bond donors (Lipinski definition) is 1. The number of hydrogen-bond acceptors (Lipinski definition) is 4. The number of nitrogens with one attached hydrogen (secondary N) is 1. The van der Waals surface area contributed by atoms with Crippen molar-refractivity contribution in [2.45, 2.75) is 65.5 Å². The fourth-order valence-corrected chi connectivity index (χ4v) is 5.65. The van der Waals surface area contributed by atoms with Crippen LogP contribution < -0.4 is 15.1 Å². The average molecular weight is 462 g/mol. The van der Waals surface area contributed by atoms with Gasteiger partial charge in [0.05, 0.1) is 5.69 Å². The normalized spacial score (nSPS) is 21.5. The van der Waals surface area contributed by atoms with Gasteiger partial charge in [-0.1, -0.05) is 25.1 Å². The molecule has 0 unspecified atom stereocenters. The average Bonchev–Trinajstić information content (AvgIpc) is 2.71. The van der Waals surface area contributed by atoms with Gasteiger partial charge >= 0.3 is 0 Å². The van der Waals surface area contributed by atoms with Gasteiger partial charge in [-0.15, -0.1) is 0 Å². The summed E-state index contributed by atoms with van der Waals surface area (Å²) in [5, 5.41) is 2.77. The van der Waals surface area contributed by atoms with Gasteiger partial charge in [0.25, 0.3) is 11.8 Å². The third-order valence-electron chi connectivity index (χ3n) is 6.60. The van der Waals surface area contributed by atoms with E-state index in [2.05, 4.69) is 57.0 Å². The molecule has 33 heavy (non-hydrogen) atoms. The first-order chi connectivity index (χ1) is 15.5. The molecule has 0 bridgehead atoms. The number of nitrogens with zero attached hydrogens (tertiary/aromatic N) is 2. The van der Waals surface area contributed by atoms with Crippen molar-refractivity contribution in [3.05, 3.63) is 64.7 Å². The molecule has 1 N–H and O–H groups in total. The predicted octanol–water partition coefficient (Wildman–Crippen LogP) is 5.33. The lowest BCUT2D eigenvalue weighted by atomic mass is 9.78. The summed E-state index contributed by atoms with van der Waals surface area (Å²) in [5.74, 6) is -0.510. The molecular formula is C27H31N3O2S. The van der Waals surface area contributed by atoms with Gasteiger partial charge < -0.3 is 4.90 Å². The fourth-order valence-electron chi connectivity index (χ4n) is 5.37. The van der Waals surface area contributed by atoms with Crippen molar-refractivity contribution >= 4 is 46.6 Å². The minimum absolute atomic E-state index is 0.0537. The van der Waals surface area contributed by atoms with Crippen LogP contribution in [0.4, 0.5) is 11.4 Å². The first-order valence-electron chi connectivity index (χ1n) is 11.4. The highest BCUT2D eigenvalue weighted by atomic mass is 32.1. The molecular weight excluding hydrogens is 430 g/mol. The van der Waals surface area contributed by atoms with Crippen LogP contribution in [0.3, 0.4) is 0 Å². The number of anilines is 2. The number of fused-ring (bicyclic) bond motifs is 1. The molecule has 4 rings (SSSR count). The zero-order valence-electron chi connectivity index (χ0n) is 20.1. The molecule has 5 nitrogen and oxygen atoms in total. The summed E-state index contributed by atoms with van der Waals surface area (Å²) in [6.07, 6.45) is 2.74. The Hall–Kier alpha value is -2.99. The maximum Gasteiger partial charge on any atom is 0.270 e. The monoisotopic (exact) mass is 461 g/mol. The molecule has 0 aliphatic carbocycles. The van der Waals surface area contributed by atoms with Gasteiger partial charge in [0.2, 0.25) is 0 Å². The first kappa shape index (κ1) is 23.2. The first-order valence-corrected chi connectivity index (χ1v) is 11.8. The number of carbonyl (C=O) groups excluding carboxylic acids is 2. The lowest BCUT2D eigenvalue weighted by Gasteiger charge is -2.50. The van der Waals surface area contributed by atoms with Crippen molar-refractivity contribution in [1.29, 1.82) is 0 Å². The summed E-state index contributed by atoms with van der Waals surface area (Å²) < 4.78 is 0. The second-order valence-corrected chi connectivity index (χ2v) is 10.3. The third-order valence-corrected chi connectivity index (χ3v) is 6.88. The molecule has 2 aromatic rings. The number of rotatable bonds is 3. The number of carbonyl (C=O) groups is 2. The van der Waals surface area contributed by atoms with E-state index in [0.29, 0.717) is 17.6 Å². The lowest BCUT2D eigenvalue weighted by molar-refractivity contribution is -0.122. The van der Waals surface area contributed by atoms with E-state index in [1.54, 1.807) is 18.2 Å². The zero-order chi connectivity index (χ0) is 24.1. The third kappa shape index (κ3) is 4.08. The Morgan fingerprint density at radius 1 is 1.15 bits per heavy atom. The number of thiocarbonyl (C=S) groups is 1. The molecule has 1 fully saturated rings. The van der Waals surface area contributed by atoms with Crippen LogP contribution in [0.25, 0.3) is 6.08 Å². The topological polar surface area (TPSA) is 52.7 Å². The largest absolute Gasteiger partial charge is 0.364 e. The van der Waals surface area contributed by atoms with Gasteiger partial charge in [-0.2, -0.15) is 0 Å². The molecule has 6 heteroatoms. The smallest absolute Gasteiger partial charge is 0.270 e. The van der Waals surface area contributed by atoms with Crippen molar-refractivity contribution in [2.75, 3.05) is 9.80 Å². The molecule has 0 saturated carbocycles. The molecule has 172 valence electrons. The molecule has 1 atom stereocenters. The standard InChI is InChI=1S/C27H31N3O2S/c1-16(2)30-23-12-17(3)19(13-21(23)18(4)15-27(30,5)6)14-22-24(31)28-26(33)29(25(22)32)20-10-8-7-9-11-20/h7-14,16,18H,15H2,1-6H3,(H,28,31,33)/b22-14+/t18-/m1/s1. The Labute approximate surface area is 201 Å². The van der Waals surface area contributed by atoms with Crippen LogP contribution in [0.1, 0.15) is 63.6 Å². The molecule has 2 aromatic carbocycles. The Morgan fingerprint density at radius 3 is 2.45 bits per heavy atom. The fraction of sp³-hybridized carbons (Fsp3) is 0.370. The predicted molar refractivity (Wildman–Crippen MR) is 139 cm³/mol. The van der Waals surface area contributed by atoms with Crippen molar-refractivity contribution in [2.24, 2.45) is 0 Å². The van der Waals surface area contributed by atoms with Gasteiger partial charge in [0, 0.05) is 17.3 Å². The lowest BCUT2D eigenvalue weighted by Crippen LogP contribution is -2.54. The SMILES string of the molecule is Cc1cc2c(cc1/C=C1\C(=O)NC(=S)N(c3ccccc3)C1=O)[C@H](C)CC(C)(C)N2C(C)C. The Bertz CT molecular complexity index is 1170. The van der Waals surface area contributed by atoms with E-state index < -0.39 is 11.8 Å². The van der Waals surface area contributed by atoms with E-state index in [4.69, 9.17) is 12.2 Å². The second-order valence-electron chi connectivity index (χ2n) is 9.94. The van der Waals surface area contributed by atoms with Crippen LogP contribution in [-0.2, 0) is 9.59 Å². The summed E-state index contributed by atoms with van der Waals surface area (Å²) in [7, 11) is 0. The van der Waals surface area contributed by atoms with Crippen LogP contribution in [0.15, 0.2) is 48.0 Å². The highest BCUT2D eigenvalue weighted by Crippen LogP contribution is 2.45. The molecule has 0 spiro atoms. The van der Waals surface area contributed by atoms with E-state index >= 15 is 0 Å². The summed E-state index contributed by atoms with van der Waals surface area (Å²) in [5.41, 5.74) is 5.15. The van der Waals surface area contributed by atoms with Crippen LogP contribution in [-0.4, -0.2) is 28.5 Å². The number of aryl methyl sites for hydroxylation is 1. The number of amides is 2. The Balaban J connectivity index is 1.79. The van der Waals surface area contributed by atoms with Gasteiger partial charge in [0.15, 0.2) is 5.11 Å². The van der Waals surface area contributed by atoms with Crippen molar-refractivity contribution in [3.63, 3.8) is 0 Å².